The Morgan fingerprint density at radius 1 is 0.857 bits per heavy atom. The molecule has 5 heteroatoms. The van der Waals surface area contributed by atoms with Gasteiger partial charge in [-0.3, -0.25) is 0 Å². The maximum atomic E-state index is 4.89. The molecule has 0 saturated heterocycles. The Morgan fingerprint density at radius 3 is 1.57 bits per heavy atom. The summed E-state index contributed by atoms with van der Waals surface area (Å²) in [7, 11) is 14.8. The average molecular weight is 372 g/mol. The van der Waals surface area contributed by atoms with Crippen LogP contribution in [0.1, 0.15) is 51.4 Å². The van der Waals surface area contributed by atoms with Gasteiger partial charge in [0.25, 0.3) is 0 Å². The van der Waals surface area contributed by atoms with Gasteiger partial charge in [0.2, 0.25) is 6.28 Å². The predicted molar refractivity (Wildman–Crippen MR) is 98.6 cm³/mol. The molecule has 0 spiro atoms. The second-order valence-corrected chi connectivity index (χ2v) is 10.2. The average Bonchev–Trinajstić information content (AvgIpc) is 3.04. The van der Waals surface area contributed by atoms with Gasteiger partial charge in [-0.15, -0.1) is 19.5 Å². The number of rotatable bonds is 3. The van der Waals surface area contributed by atoms with Crippen LogP contribution in [0.2, 0.25) is 19.5 Å². The van der Waals surface area contributed by atoms with Gasteiger partial charge in [0.05, 0.1) is 0 Å². The van der Waals surface area contributed by atoms with Gasteiger partial charge >= 0.3 is 35.6 Å². The summed E-state index contributed by atoms with van der Waals surface area (Å²) >= 11 is -0.556. The Morgan fingerprint density at radius 2 is 1.19 bits per heavy atom. The molecule has 0 aliphatic heterocycles. The van der Waals surface area contributed by atoms with Crippen molar-refractivity contribution in [2.75, 3.05) is 14.1 Å². The third-order valence-electron chi connectivity index (χ3n) is 6.53. The van der Waals surface area contributed by atoms with Crippen LogP contribution >= 0.6 is 18.6 Å². The van der Waals surface area contributed by atoms with Crippen LogP contribution in [-0.4, -0.2) is 30.8 Å². The molecule has 0 N–H and O–H groups in total. The van der Waals surface area contributed by atoms with Crippen molar-refractivity contribution in [1.29, 1.82) is 0 Å². The molecule has 0 radical (unpaired) electrons. The molecule has 0 aromatic rings. The van der Waals surface area contributed by atoms with Crippen molar-refractivity contribution in [3.8, 4) is 0 Å². The molecule has 0 bridgehead atoms. The maximum absolute atomic E-state index is 4.89. The van der Waals surface area contributed by atoms with E-state index in [2.05, 4.69) is 27.7 Å². The van der Waals surface area contributed by atoms with Crippen LogP contribution in [0.5, 0.6) is 0 Å². The molecule has 21 heavy (non-hydrogen) atoms. The van der Waals surface area contributed by atoms with E-state index in [1.54, 1.807) is 0 Å². The minimum absolute atomic E-state index is 0. The zero-order chi connectivity index (χ0) is 14.5. The van der Waals surface area contributed by atoms with E-state index in [-0.39, 0.29) is 21.1 Å². The number of halogens is 2. The summed E-state index contributed by atoms with van der Waals surface area (Å²) in [5, 5.41) is 0. The van der Waals surface area contributed by atoms with Crippen LogP contribution in [0.25, 0.3) is 0 Å². The number of hydrogen-bond acceptors (Lipinski definition) is 0. The van der Waals surface area contributed by atoms with Crippen LogP contribution < -0.4 is 0 Å². The van der Waals surface area contributed by atoms with E-state index in [1.807, 2.05) is 0 Å². The normalized spacial score (nSPS) is 20.1. The van der Waals surface area contributed by atoms with Gasteiger partial charge in [0.1, 0.15) is 0 Å². The fourth-order valence-electron chi connectivity index (χ4n) is 4.43. The molecule has 2 aliphatic carbocycles. The first-order valence-corrected chi connectivity index (χ1v) is 12.2. The first-order valence-electron chi connectivity index (χ1n) is 7.91. The first kappa shape index (κ1) is 24.6. The van der Waals surface area contributed by atoms with E-state index in [1.165, 1.54) is 55.8 Å². The Hall–Kier alpha value is 1.32. The second kappa shape index (κ2) is 11.0. The van der Waals surface area contributed by atoms with E-state index >= 15 is 0 Å². The van der Waals surface area contributed by atoms with Crippen molar-refractivity contribution in [3.05, 3.63) is 14.9 Å². The van der Waals surface area contributed by atoms with Gasteiger partial charge in [-0.05, 0) is 25.7 Å². The van der Waals surface area contributed by atoms with E-state index in [9.17, 15) is 0 Å². The molecular formula is C16H36BCl2NTi-2. The van der Waals surface area contributed by atoms with Crippen LogP contribution in [-0.2, 0) is 17.0 Å². The first-order chi connectivity index (χ1) is 8.87. The fourth-order valence-corrected chi connectivity index (χ4v) is 4.43. The Labute approximate surface area is 151 Å². The van der Waals surface area contributed by atoms with Crippen LogP contribution in [0, 0.1) is 14.9 Å². The predicted octanol–water partition coefficient (Wildman–Crippen LogP) is 6.43. The summed E-state index contributed by atoms with van der Waals surface area (Å²) in [5.41, 5.74) is 0. The molecule has 0 unspecified atom stereocenters. The fraction of sp³-hybridized carbons (Fsp3) is 0.875. The third-order valence-corrected chi connectivity index (χ3v) is 6.53. The van der Waals surface area contributed by atoms with E-state index in [0.717, 1.165) is 11.9 Å². The molecule has 2 rings (SSSR count). The molecule has 0 heterocycles. The second-order valence-electron chi connectivity index (χ2n) is 7.59. The van der Waals surface area contributed by atoms with E-state index in [4.69, 9.17) is 18.6 Å². The van der Waals surface area contributed by atoms with Gasteiger partial charge in [0.15, 0.2) is 0 Å². The van der Waals surface area contributed by atoms with E-state index in [0.29, 0.717) is 0 Å². The molecule has 128 valence electrons. The summed E-state index contributed by atoms with van der Waals surface area (Å²) in [6.07, 6.45) is 11.6. The quantitative estimate of drug-likeness (QED) is 0.396. The molecule has 0 aromatic carbocycles. The zero-order valence-corrected chi connectivity index (χ0v) is 18.2. The minimum atomic E-state index is -0.556. The zero-order valence-electron chi connectivity index (χ0n) is 15.1. The SMILES string of the molecule is C[B-](C)(C1CCCC1)[N+](C)(C)C1CCCC1.[CH3-].[CH3-].[Cl][Ti][Cl]. The van der Waals surface area contributed by atoms with Crippen LogP contribution in [0.3, 0.4) is 0 Å². The molecule has 2 fully saturated rings. The monoisotopic (exact) mass is 371 g/mol. The van der Waals surface area contributed by atoms with Crippen molar-refractivity contribution in [2.24, 2.45) is 0 Å². The molecule has 0 aromatic heterocycles. The number of quaternary nitrogens is 1. The number of hydrogen-bond donors (Lipinski definition) is 0. The Balaban J connectivity index is 0. The summed E-state index contributed by atoms with van der Waals surface area (Å²) in [5.74, 6) is 1.02. The Bertz CT molecular complexity index is 237. The van der Waals surface area contributed by atoms with Crippen molar-refractivity contribution in [1.82, 2.24) is 0 Å². The summed E-state index contributed by atoms with van der Waals surface area (Å²) in [6.45, 7) is 5.18. The third kappa shape index (κ3) is 6.03. The van der Waals surface area contributed by atoms with Crippen LogP contribution in [0.4, 0.5) is 0 Å². The molecule has 0 amide bonds. The standard InChI is InChI=1S/C14H30BN.2CH3.2ClH.Ti/c1-15(2,13-9-5-6-10-13)16(3,4)14-11-7-8-12-14;;;;;/h13-14H,5-12H2,1-4H3;2*1H3;2*1H;/q;2*-1;;;+2/p-2. The summed E-state index contributed by atoms with van der Waals surface area (Å²) in [4.78, 5) is 0. The molecular weight excluding hydrogens is 336 g/mol. The molecule has 2 aliphatic rings. The van der Waals surface area contributed by atoms with Gasteiger partial charge < -0.3 is 19.2 Å². The topological polar surface area (TPSA) is 0 Å². The molecule has 2 saturated carbocycles. The van der Waals surface area contributed by atoms with Crippen LogP contribution in [0.15, 0.2) is 0 Å². The summed E-state index contributed by atoms with van der Waals surface area (Å²) < 4.78 is 1.32. The van der Waals surface area contributed by atoms with Gasteiger partial charge in [-0.25, -0.2) is 0 Å². The van der Waals surface area contributed by atoms with Gasteiger partial charge in [-0.1, -0.05) is 25.7 Å². The van der Waals surface area contributed by atoms with Gasteiger partial charge in [0, 0.05) is 20.1 Å². The molecule has 0 atom stereocenters. The van der Waals surface area contributed by atoms with Crippen molar-refractivity contribution in [3.63, 3.8) is 0 Å². The van der Waals surface area contributed by atoms with Crippen molar-refractivity contribution < 1.29 is 21.4 Å². The van der Waals surface area contributed by atoms with E-state index < -0.39 is 17.0 Å². The summed E-state index contributed by atoms with van der Waals surface area (Å²) in [6, 6.07) is 0.954. The van der Waals surface area contributed by atoms with Gasteiger partial charge in [-0.2, -0.15) is 0 Å². The number of nitrogens with zero attached hydrogens (tertiary/aromatic N) is 1. The molecule has 1 nitrogen and oxygen atoms in total. The Kier molecular flexibility index (Phi) is 12.8. The van der Waals surface area contributed by atoms with Crippen molar-refractivity contribution in [2.45, 2.75) is 76.9 Å². The van der Waals surface area contributed by atoms with Crippen molar-refractivity contribution >= 4 is 24.9 Å².